The molecule has 1 aromatic carbocycles. The van der Waals surface area contributed by atoms with Crippen LogP contribution in [0.2, 0.25) is 0 Å². The van der Waals surface area contributed by atoms with E-state index in [0.717, 1.165) is 5.56 Å². The number of methoxy groups -OCH3 is 1. The van der Waals surface area contributed by atoms with Crippen molar-refractivity contribution < 1.29 is 19.4 Å². The van der Waals surface area contributed by atoms with Crippen LogP contribution in [-0.4, -0.2) is 66.7 Å². The summed E-state index contributed by atoms with van der Waals surface area (Å²) in [4.78, 5) is 32.6. The number of carboxylic acids is 1. The van der Waals surface area contributed by atoms with Gasteiger partial charge in [0.05, 0.1) is 18.6 Å². The molecule has 1 amide bonds. The molecule has 2 heterocycles. The van der Waals surface area contributed by atoms with Crippen molar-refractivity contribution in [2.75, 3.05) is 44.7 Å². The lowest BCUT2D eigenvalue weighted by atomic mass is 10.0. The van der Waals surface area contributed by atoms with Crippen molar-refractivity contribution in [3.63, 3.8) is 0 Å². The van der Waals surface area contributed by atoms with Gasteiger partial charge in [0.2, 0.25) is 5.91 Å². The SMILES string of the molecule is COc1ccccc1CNC(=O)CC(CN1CCN(c2ncccc2C#N)CC1)C(=O)O. The first-order valence-electron chi connectivity index (χ1n) is 10.5. The van der Waals surface area contributed by atoms with E-state index in [4.69, 9.17) is 4.74 Å². The summed E-state index contributed by atoms with van der Waals surface area (Å²) < 4.78 is 5.27. The second kappa shape index (κ2) is 11.1. The van der Waals surface area contributed by atoms with Crippen LogP contribution in [-0.2, 0) is 16.1 Å². The number of hydrogen-bond donors (Lipinski definition) is 2. The number of benzene rings is 1. The number of nitrogens with one attached hydrogen (secondary N) is 1. The number of para-hydroxylation sites is 1. The van der Waals surface area contributed by atoms with Gasteiger partial charge in [0.1, 0.15) is 17.6 Å². The molecule has 2 N–H and O–H groups in total. The Morgan fingerprint density at radius 2 is 1.97 bits per heavy atom. The maximum Gasteiger partial charge on any atom is 0.308 e. The number of amides is 1. The lowest BCUT2D eigenvalue weighted by Crippen LogP contribution is -2.49. The Balaban J connectivity index is 1.51. The zero-order chi connectivity index (χ0) is 22.9. The van der Waals surface area contributed by atoms with Gasteiger partial charge in [-0.05, 0) is 18.2 Å². The predicted octanol–water partition coefficient (Wildman–Crippen LogP) is 1.49. The molecule has 1 aliphatic rings. The molecule has 2 aromatic rings. The number of nitriles is 1. The van der Waals surface area contributed by atoms with E-state index in [0.29, 0.717) is 49.9 Å². The average Bonchev–Trinajstić information content (AvgIpc) is 2.82. The highest BCUT2D eigenvalue weighted by Crippen LogP contribution is 2.19. The van der Waals surface area contributed by atoms with Crippen molar-refractivity contribution >= 4 is 17.7 Å². The molecule has 0 bridgehead atoms. The van der Waals surface area contributed by atoms with Gasteiger partial charge in [0.15, 0.2) is 0 Å². The third kappa shape index (κ3) is 5.95. The molecular weight excluding hydrogens is 410 g/mol. The third-order valence-corrected chi connectivity index (χ3v) is 5.51. The van der Waals surface area contributed by atoms with Crippen molar-refractivity contribution in [2.24, 2.45) is 5.92 Å². The van der Waals surface area contributed by atoms with Crippen LogP contribution >= 0.6 is 0 Å². The van der Waals surface area contributed by atoms with Crippen LogP contribution in [0, 0.1) is 17.2 Å². The van der Waals surface area contributed by atoms with Crippen LogP contribution in [0.1, 0.15) is 17.5 Å². The molecule has 0 radical (unpaired) electrons. The van der Waals surface area contributed by atoms with Crippen LogP contribution in [0.25, 0.3) is 0 Å². The predicted molar refractivity (Wildman–Crippen MR) is 118 cm³/mol. The zero-order valence-electron chi connectivity index (χ0n) is 18.0. The Labute approximate surface area is 187 Å². The Morgan fingerprint density at radius 3 is 2.66 bits per heavy atom. The molecule has 1 aliphatic heterocycles. The first kappa shape index (κ1) is 23.0. The molecule has 1 aromatic heterocycles. The van der Waals surface area contributed by atoms with E-state index in [1.807, 2.05) is 34.1 Å². The van der Waals surface area contributed by atoms with Gasteiger partial charge >= 0.3 is 5.97 Å². The number of nitrogens with zero attached hydrogens (tertiary/aromatic N) is 4. The maximum atomic E-state index is 12.4. The highest BCUT2D eigenvalue weighted by molar-refractivity contribution is 5.82. The minimum absolute atomic E-state index is 0.0937. The standard InChI is InChI=1S/C23H27N5O4/c1-32-20-7-3-2-5-18(20)15-26-21(29)13-19(23(30)31)16-27-9-11-28(12-10-27)22-17(14-24)6-4-8-25-22/h2-8,19H,9-13,15-16H2,1H3,(H,26,29)(H,30,31). The van der Waals surface area contributed by atoms with Gasteiger partial charge in [-0.25, -0.2) is 4.98 Å². The van der Waals surface area contributed by atoms with Crippen LogP contribution in [0.3, 0.4) is 0 Å². The number of carboxylic acid groups (broad SMARTS) is 1. The van der Waals surface area contributed by atoms with Gasteiger partial charge in [0.25, 0.3) is 0 Å². The Kier molecular flexibility index (Phi) is 8.00. The van der Waals surface area contributed by atoms with Crippen molar-refractivity contribution in [3.8, 4) is 11.8 Å². The molecule has 1 atom stereocenters. The summed E-state index contributed by atoms with van der Waals surface area (Å²) >= 11 is 0. The Hall–Kier alpha value is -3.64. The monoisotopic (exact) mass is 437 g/mol. The van der Waals surface area contributed by atoms with E-state index in [1.165, 1.54) is 0 Å². The minimum atomic E-state index is -0.989. The number of carbonyl (C=O) groups is 2. The second-order valence-electron chi connectivity index (χ2n) is 7.60. The fraction of sp³-hybridized carbons (Fsp3) is 0.391. The summed E-state index contributed by atoms with van der Waals surface area (Å²) in [6.45, 7) is 3.11. The fourth-order valence-electron chi connectivity index (χ4n) is 3.76. The molecular formula is C23H27N5O4. The number of anilines is 1. The van der Waals surface area contributed by atoms with Crippen LogP contribution < -0.4 is 15.0 Å². The number of ether oxygens (including phenoxy) is 1. The second-order valence-corrected chi connectivity index (χ2v) is 7.60. The number of aromatic nitrogens is 1. The van der Waals surface area contributed by atoms with Gasteiger partial charge in [-0.3, -0.25) is 14.5 Å². The Bertz CT molecular complexity index is 982. The van der Waals surface area contributed by atoms with Gasteiger partial charge in [-0.1, -0.05) is 18.2 Å². The molecule has 9 heteroatoms. The number of aliphatic carboxylic acids is 1. The molecule has 9 nitrogen and oxygen atoms in total. The highest BCUT2D eigenvalue weighted by Gasteiger charge is 2.27. The van der Waals surface area contributed by atoms with E-state index < -0.39 is 11.9 Å². The van der Waals surface area contributed by atoms with Crippen molar-refractivity contribution in [3.05, 3.63) is 53.7 Å². The normalized spacial score (nSPS) is 14.9. The summed E-state index contributed by atoms with van der Waals surface area (Å²) in [5, 5.41) is 21.7. The number of rotatable bonds is 9. The topological polar surface area (TPSA) is 119 Å². The molecule has 0 aliphatic carbocycles. The lowest BCUT2D eigenvalue weighted by molar-refractivity contribution is -0.144. The van der Waals surface area contributed by atoms with Crippen molar-refractivity contribution in [1.82, 2.24) is 15.2 Å². The van der Waals surface area contributed by atoms with E-state index in [9.17, 15) is 20.0 Å². The average molecular weight is 438 g/mol. The van der Waals surface area contributed by atoms with E-state index in [-0.39, 0.29) is 18.9 Å². The number of carbonyl (C=O) groups excluding carboxylic acids is 1. The first-order chi connectivity index (χ1) is 15.5. The van der Waals surface area contributed by atoms with Gasteiger partial charge < -0.3 is 20.1 Å². The lowest BCUT2D eigenvalue weighted by Gasteiger charge is -2.36. The summed E-state index contributed by atoms with van der Waals surface area (Å²) in [5.74, 6) is -0.776. The molecule has 1 saturated heterocycles. The van der Waals surface area contributed by atoms with Gasteiger partial charge in [0, 0.05) is 57.4 Å². The van der Waals surface area contributed by atoms with E-state index >= 15 is 0 Å². The molecule has 1 fully saturated rings. The molecule has 3 rings (SSSR count). The van der Waals surface area contributed by atoms with Crippen LogP contribution in [0.15, 0.2) is 42.6 Å². The van der Waals surface area contributed by atoms with Crippen LogP contribution in [0.4, 0.5) is 5.82 Å². The summed E-state index contributed by atoms with van der Waals surface area (Å²) in [6.07, 6.45) is 1.57. The largest absolute Gasteiger partial charge is 0.496 e. The van der Waals surface area contributed by atoms with Crippen LogP contribution in [0.5, 0.6) is 5.75 Å². The summed E-state index contributed by atoms with van der Waals surface area (Å²) in [6, 6.07) is 13.0. The molecule has 0 saturated carbocycles. The number of piperazine rings is 1. The van der Waals surface area contributed by atoms with Gasteiger partial charge in [-0.15, -0.1) is 0 Å². The van der Waals surface area contributed by atoms with E-state index in [1.54, 1.807) is 25.4 Å². The quantitative estimate of drug-likeness (QED) is 0.606. The van der Waals surface area contributed by atoms with Crippen molar-refractivity contribution in [2.45, 2.75) is 13.0 Å². The molecule has 168 valence electrons. The fourth-order valence-corrected chi connectivity index (χ4v) is 3.76. The summed E-state index contributed by atoms with van der Waals surface area (Å²) in [5.41, 5.74) is 1.36. The minimum Gasteiger partial charge on any atom is -0.496 e. The number of pyridine rings is 1. The Morgan fingerprint density at radius 1 is 1.22 bits per heavy atom. The first-order valence-corrected chi connectivity index (χ1v) is 10.5. The number of hydrogen-bond acceptors (Lipinski definition) is 7. The zero-order valence-corrected chi connectivity index (χ0v) is 18.0. The van der Waals surface area contributed by atoms with Crippen molar-refractivity contribution in [1.29, 1.82) is 5.26 Å². The van der Waals surface area contributed by atoms with E-state index in [2.05, 4.69) is 16.4 Å². The maximum absolute atomic E-state index is 12.4. The molecule has 0 spiro atoms. The van der Waals surface area contributed by atoms with Gasteiger partial charge in [-0.2, -0.15) is 5.26 Å². The highest BCUT2D eigenvalue weighted by atomic mass is 16.5. The smallest absolute Gasteiger partial charge is 0.308 e. The molecule has 1 unspecified atom stereocenters. The molecule has 32 heavy (non-hydrogen) atoms. The summed E-state index contributed by atoms with van der Waals surface area (Å²) in [7, 11) is 1.57. The third-order valence-electron chi connectivity index (χ3n) is 5.51.